The maximum absolute atomic E-state index is 11.4. The van der Waals surface area contributed by atoms with Crippen LogP contribution < -0.4 is 5.73 Å². The molecule has 2 aromatic heterocycles. The molecule has 2 rings (SSSR count). The zero-order valence-corrected chi connectivity index (χ0v) is 9.20. The Hall–Kier alpha value is -2.44. The van der Waals surface area contributed by atoms with Crippen molar-refractivity contribution in [1.29, 1.82) is 0 Å². The lowest BCUT2D eigenvalue weighted by molar-refractivity contribution is 0.0526. The van der Waals surface area contributed by atoms with Crippen LogP contribution in [0.4, 0.5) is 5.82 Å². The van der Waals surface area contributed by atoms with Crippen LogP contribution in [0.3, 0.4) is 0 Å². The Kier molecular flexibility index (Phi) is 2.99. The first-order valence-corrected chi connectivity index (χ1v) is 5.01. The van der Waals surface area contributed by atoms with Gasteiger partial charge in [-0.3, -0.25) is 0 Å². The summed E-state index contributed by atoms with van der Waals surface area (Å²) in [5.74, 6) is 0.214. The van der Waals surface area contributed by atoms with Crippen molar-refractivity contribution < 1.29 is 9.53 Å². The second-order valence-corrected chi connectivity index (χ2v) is 3.18. The number of esters is 1. The SMILES string of the molecule is CCOC(=O)c1cnn(-c2nccc(N)n2)c1. The number of carbonyl (C=O) groups excluding carboxylic acids is 1. The van der Waals surface area contributed by atoms with Gasteiger partial charge in [0.25, 0.3) is 5.95 Å². The summed E-state index contributed by atoms with van der Waals surface area (Å²) in [5.41, 5.74) is 5.87. The van der Waals surface area contributed by atoms with E-state index in [9.17, 15) is 4.79 Å². The number of nitrogen functional groups attached to an aromatic ring is 1. The highest BCUT2D eigenvalue weighted by atomic mass is 16.5. The van der Waals surface area contributed by atoms with Gasteiger partial charge in [-0.15, -0.1) is 0 Å². The average Bonchev–Trinajstić information content (AvgIpc) is 2.78. The van der Waals surface area contributed by atoms with Gasteiger partial charge in [-0.05, 0) is 13.0 Å². The zero-order valence-electron chi connectivity index (χ0n) is 9.20. The van der Waals surface area contributed by atoms with Crippen LogP contribution in [0.15, 0.2) is 24.7 Å². The first kappa shape index (κ1) is 11.1. The molecular weight excluding hydrogens is 222 g/mol. The maximum atomic E-state index is 11.4. The van der Waals surface area contributed by atoms with Crippen LogP contribution in [0.2, 0.25) is 0 Å². The van der Waals surface area contributed by atoms with Crippen LogP contribution in [0.5, 0.6) is 0 Å². The van der Waals surface area contributed by atoms with Crippen molar-refractivity contribution in [3.8, 4) is 5.95 Å². The van der Waals surface area contributed by atoms with Crippen LogP contribution >= 0.6 is 0 Å². The fraction of sp³-hybridized carbons (Fsp3) is 0.200. The molecule has 0 spiro atoms. The molecule has 0 radical (unpaired) electrons. The smallest absolute Gasteiger partial charge is 0.341 e. The molecule has 2 heterocycles. The fourth-order valence-corrected chi connectivity index (χ4v) is 1.22. The third-order valence-electron chi connectivity index (χ3n) is 1.96. The molecule has 17 heavy (non-hydrogen) atoms. The highest BCUT2D eigenvalue weighted by molar-refractivity contribution is 5.88. The van der Waals surface area contributed by atoms with E-state index in [-0.39, 0.29) is 0 Å². The summed E-state index contributed by atoms with van der Waals surface area (Å²) in [6.07, 6.45) is 4.40. The third kappa shape index (κ3) is 2.39. The van der Waals surface area contributed by atoms with Crippen LogP contribution in [0.25, 0.3) is 5.95 Å². The molecule has 0 fully saturated rings. The summed E-state index contributed by atoms with van der Waals surface area (Å²) >= 11 is 0. The van der Waals surface area contributed by atoms with E-state index in [4.69, 9.17) is 10.5 Å². The molecule has 2 aromatic rings. The molecule has 0 aliphatic heterocycles. The Labute approximate surface area is 97.2 Å². The molecule has 0 aliphatic rings. The van der Waals surface area contributed by atoms with E-state index in [1.165, 1.54) is 23.3 Å². The number of ether oxygens (including phenoxy) is 1. The van der Waals surface area contributed by atoms with E-state index in [2.05, 4.69) is 15.1 Å². The molecular formula is C10H11N5O2. The van der Waals surface area contributed by atoms with Crippen LogP contribution in [0, 0.1) is 0 Å². The van der Waals surface area contributed by atoms with Gasteiger partial charge >= 0.3 is 5.97 Å². The minimum absolute atomic E-state index is 0.306. The maximum Gasteiger partial charge on any atom is 0.341 e. The summed E-state index contributed by atoms with van der Waals surface area (Å²) < 4.78 is 6.21. The van der Waals surface area contributed by atoms with Gasteiger partial charge in [-0.25, -0.2) is 14.5 Å². The predicted molar refractivity (Wildman–Crippen MR) is 59.5 cm³/mol. The molecule has 2 N–H and O–H groups in total. The normalized spacial score (nSPS) is 10.2. The summed E-state index contributed by atoms with van der Waals surface area (Å²) in [7, 11) is 0. The van der Waals surface area contributed by atoms with E-state index in [0.717, 1.165) is 0 Å². The minimum Gasteiger partial charge on any atom is -0.462 e. The van der Waals surface area contributed by atoms with Crippen LogP contribution in [0.1, 0.15) is 17.3 Å². The summed E-state index contributed by atoms with van der Waals surface area (Å²) in [4.78, 5) is 19.4. The number of anilines is 1. The number of carbonyl (C=O) groups is 1. The van der Waals surface area contributed by atoms with Gasteiger partial charge < -0.3 is 10.5 Å². The monoisotopic (exact) mass is 233 g/mol. The molecule has 7 heteroatoms. The molecule has 0 amide bonds. The number of rotatable bonds is 3. The zero-order chi connectivity index (χ0) is 12.3. The predicted octanol–water partition coefficient (Wildman–Crippen LogP) is 0.421. The van der Waals surface area contributed by atoms with Crippen molar-refractivity contribution in [2.75, 3.05) is 12.3 Å². The van der Waals surface area contributed by atoms with Gasteiger partial charge in [0, 0.05) is 12.4 Å². The van der Waals surface area contributed by atoms with Crippen molar-refractivity contribution in [3.05, 3.63) is 30.2 Å². The van der Waals surface area contributed by atoms with E-state index in [1.54, 1.807) is 13.0 Å². The Morgan fingerprint density at radius 1 is 1.59 bits per heavy atom. The van der Waals surface area contributed by atoms with Gasteiger partial charge in [0.1, 0.15) is 5.82 Å². The molecule has 88 valence electrons. The molecule has 0 aliphatic carbocycles. The fourth-order valence-electron chi connectivity index (χ4n) is 1.22. The minimum atomic E-state index is -0.428. The second kappa shape index (κ2) is 4.60. The molecule has 0 aromatic carbocycles. The number of nitrogens with zero attached hydrogens (tertiary/aromatic N) is 4. The molecule has 0 atom stereocenters. The third-order valence-corrected chi connectivity index (χ3v) is 1.96. The molecule has 0 saturated heterocycles. The molecule has 0 unspecified atom stereocenters. The Balaban J connectivity index is 2.27. The summed E-state index contributed by atoms with van der Waals surface area (Å²) in [5, 5.41) is 3.97. The van der Waals surface area contributed by atoms with E-state index in [0.29, 0.717) is 23.9 Å². The van der Waals surface area contributed by atoms with E-state index in [1.807, 2.05) is 0 Å². The van der Waals surface area contributed by atoms with Crippen LogP contribution in [-0.2, 0) is 4.74 Å². The van der Waals surface area contributed by atoms with Gasteiger partial charge in [-0.2, -0.15) is 10.1 Å². The van der Waals surface area contributed by atoms with E-state index >= 15 is 0 Å². The van der Waals surface area contributed by atoms with Crippen molar-refractivity contribution in [3.63, 3.8) is 0 Å². The van der Waals surface area contributed by atoms with Crippen molar-refractivity contribution in [1.82, 2.24) is 19.7 Å². The topological polar surface area (TPSA) is 95.9 Å². The van der Waals surface area contributed by atoms with Gasteiger partial charge in [0.2, 0.25) is 0 Å². The highest BCUT2D eigenvalue weighted by Gasteiger charge is 2.11. The standard InChI is InChI=1S/C10H11N5O2/c1-2-17-9(16)7-5-13-15(6-7)10-12-4-3-8(11)14-10/h3-6H,2H2,1H3,(H2,11,12,14). The number of hydrogen-bond donors (Lipinski definition) is 1. The summed E-state index contributed by atoms with van der Waals surface area (Å²) in [6, 6.07) is 1.57. The largest absolute Gasteiger partial charge is 0.462 e. The second-order valence-electron chi connectivity index (χ2n) is 3.18. The number of hydrogen-bond acceptors (Lipinski definition) is 6. The van der Waals surface area contributed by atoms with Gasteiger partial charge in [0.15, 0.2) is 0 Å². The lowest BCUT2D eigenvalue weighted by Crippen LogP contribution is -2.05. The Morgan fingerprint density at radius 3 is 3.12 bits per heavy atom. The number of nitrogens with two attached hydrogens (primary N) is 1. The molecule has 0 bridgehead atoms. The van der Waals surface area contributed by atoms with E-state index < -0.39 is 5.97 Å². The Morgan fingerprint density at radius 2 is 2.41 bits per heavy atom. The Bertz CT molecular complexity index is 537. The van der Waals surface area contributed by atoms with Gasteiger partial charge in [-0.1, -0.05) is 0 Å². The van der Waals surface area contributed by atoms with Crippen LogP contribution in [-0.4, -0.2) is 32.3 Å². The first-order chi connectivity index (χ1) is 8.20. The number of aromatic nitrogens is 4. The molecule has 7 nitrogen and oxygen atoms in total. The first-order valence-electron chi connectivity index (χ1n) is 5.01. The molecule has 0 saturated carbocycles. The van der Waals surface area contributed by atoms with Gasteiger partial charge in [0.05, 0.1) is 18.4 Å². The van der Waals surface area contributed by atoms with Crippen molar-refractivity contribution >= 4 is 11.8 Å². The highest BCUT2D eigenvalue weighted by Crippen LogP contribution is 2.06. The summed E-state index contributed by atoms with van der Waals surface area (Å²) in [6.45, 7) is 2.06. The lowest BCUT2D eigenvalue weighted by Gasteiger charge is -1.99. The quantitative estimate of drug-likeness (QED) is 0.772. The lowest BCUT2D eigenvalue weighted by atomic mass is 10.4. The van der Waals surface area contributed by atoms with Crippen molar-refractivity contribution in [2.24, 2.45) is 0 Å². The average molecular weight is 233 g/mol. The van der Waals surface area contributed by atoms with Crippen molar-refractivity contribution in [2.45, 2.75) is 6.92 Å².